The van der Waals surface area contributed by atoms with Crippen molar-refractivity contribution in [2.75, 3.05) is 5.32 Å². The van der Waals surface area contributed by atoms with Crippen molar-refractivity contribution in [3.05, 3.63) is 52.0 Å². The molecule has 1 aromatic carbocycles. The van der Waals surface area contributed by atoms with Crippen molar-refractivity contribution in [1.82, 2.24) is 9.97 Å². The van der Waals surface area contributed by atoms with Crippen LogP contribution in [0.3, 0.4) is 0 Å². The van der Waals surface area contributed by atoms with Gasteiger partial charge in [0.2, 0.25) is 0 Å². The zero-order chi connectivity index (χ0) is 13.8. The monoisotopic (exact) mass is 321 g/mol. The number of nitrogens with one attached hydrogen (secondary N) is 1. The van der Waals surface area contributed by atoms with Gasteiger partial charge in [0.15, 0.2) is 0 Å². The fourth-order valence-corrected chi connectivity index (χ4v) is 2.10. The second kappa shape index (κ2) is 5.79. The normalized spacial score (nSPS) is 10.2. The number of benzene rings is 1. The summed E-state index contributed by atoms with van der Waals surface area (Å²) in [5.74, 6) is -0.224. The Balaban J connectivity index is 2.10. The van der Waals surface area contributed by atoms with E-state index in [-0.39, 0.29) is 5.56 Å². The van der Waals surface area contributed by atoms with Crippen LogP contribution in [0.2, 0.25) is 0 Å². The second-order valence-electron chi connectivity index (χ2n) is 3.95. The minimum absolute atomic E-state index is 0.246. The predicted molar refractivity (Wildman–Crippen MR) is 75.2 cm³/mol. The van der Waals surface area contributed by atoms with E-state index in [0.29, 0.717) is 11.0 Å². The Kier molecular flexibility index (Phi) is 4.11. The van der Waals surface area contributed by atoms with Gasteiger partial charge in [-0.25, -0.2) is 14.8 Å². The maximum Gasteiger partial charge on any atom is 0.335 e. The summed E-state index contributed by atoms with van der Waals surface area (Å²) in [5, 5.41) is 12.1. The molecule has 2 N–H and O–H groups in total. The van der Waals surface area contributed by atoms with Crippen LogP contribution in [-0.2, 0) is 6.54 Å². The van der Waals surface area contributed by atoms with E-state index in [1.165, 1.54) is 0 Å². The number of anilines is 1. The highest BCUT2D eigenvalue weighted by Crippen LogP contribution is 2.24. The van der Waals surface area contributed by atoms with Crippen molar-refractivity contribution >= 4 is 27.6 Å². The first-order valence-electron chi connectivity index (χ1n) is 5.61. The minimum Gasteiger partial charge on any atom is -0.478 e. The van der Waals surface area contributed by atoms with Gasteiger partial charge in [-0.1, -0.05) is 0 Å². The smallest absolute Gasteiger partial charge is 0.335 e. The molecule has 19 heavy (non-hydrogen) atoms. The SMILES string of the molecule is Cc1nccc(CNc2ccc(C(=O)O)cc2Br)n1. The lowest BCUT2D eigenvalue weighted by Gasteiger charge is -2.09. The summed E-state index contributed by atoms with van der Waals surface area (Å²) in [4.78, 5) is 19.1. The molecular formula is C13H12BrN3O2. The van der Waals surface area contributed by atoms with Gasteiger partial charge in [0, 0.05) is 16.4 Å². The maximum atomic E-state index is 10.8. The van der Waals surface area contributed by atoms with Gasteiger partial charge in [-0.2, -0.15) is 0 Å². The van der Waals surface area contributed by atoms with Crippen LogP contribution < -0.4 is 5.32 Å². The summed E-state index contributed by atoms with van der Waals surface area (Å²) in [5.41, 5.74) is 1.94. The standard InChI is InChI=1S/C13H12BrN3O2/c1-8-15-5-4-10(17-8)7-16-12-3-2-9(13(18)19)6-11(12)14/h2-6,16H,7H2,1H3,(H,18,19). The Labute approximate surface area is 118 Å². The number of carbonyl (C=O) groups is 1. The quantitative estimate of drug-likeness (QED) is 0.905. The van der Waals surface area contributed by atoms with Crippen molar-refractivity contribution in [3.8, 4) is 0 Å². The summed E-state index contributed by atoms with van der Waals surface area (Å²) >= 11 is 3.34. The number of aromatic carboxylic acids is 1. The molecular weight excluding hydrogens is 310 g/mol. The molecule has 1 aromatic heterocycles. The fourth-order valence-electron chi connectivity index (χ4n) is 1.58. The van der Waals surface area contributed by atoms with E-state index in [1.54, 1.807) is 24.4 Å². The summed E-state index contributed by atoms with van der Waals surface area (Å²) in [6, 6.07) is 6.68. The van der Waals surface area contributed by atoms with E-state index in [9.17, 15) is 4.79 Å². The van der Waals surface area contributed by atoms with Crippen molar-refractivity contribution in [1.29, 1.82) is 0 Å². The second-order valence-corrected chi connectivity index (χ2v) is 4.80. The van der Waals surface area contributed by atoms with E-state index in [2.05, 4.69) is 31.2 Å². The summed E-state index contributed by atoms with van der Waals surface area (Å²) in [6.07, 6.45) is 1.71. The van der Waals surface area contributed by atoms with Crippen molar-refractivity contribution in [2.45, 2.75) is 13.5 Å². The van der Waals surface area contributed by atoms with Gasteiger partial charge in [-0.15, -0.1) is 0 Å². The van der Waals surface area contributed by atoms with E-state index in [0.717, 1.165) is 17.2 Å². The number of aromatic nitrogens is 2. The number of carboxylic acid groups (broad SMARTS) is 1. The van der Waals surface area contributed by atoms with Crippen LogP contribution in [0, 0.1) is 6.92 Å². The summed E-state index contributed by atoms with van der Waals surface area (Å²) < 4.78 is 0.707. The highest BCUT2D eigenvalue weighted by atomic mass is 79.9. The lowest BCUT2D eigenvalue weighted by Crippen LogP contribution is -2.04. The van der Waals surface area contributed by atoms with Crippen LogP contribution in [0.25, 0.3) is 0 Å². The Bertz CT molecular complexity index is 617. The average molecular weight is 322 g/mol. The molecule has 0 saturated heterocycles. The van der Waals surface area contributed by atoms with Crippen LogP contribution >= 0.6 is 15.9 Å². The summed E-state index contributed by atoms with van der Waals surface area (Å²) in [7, 11) is 0. The van der Waals surface area contributed by atoms with E-state index in [1.807, 2.05) is 13.0 Å². The van der Waals surface area contributed by atoms with Crippen LogP contribution in [0.15, 0.2) is 34.9 Å². The van der Waals surface area contributed by atoms with Crippen LogP contribution in [0.1, 0.15) is 21.9 Å². The van der Waals surface area contributed by atoms with E-state index >= 15 is 0 Å². The predicted octanol–water partition coefficient (Wildman–Crippen LogP) is 2.86. The van der Waals surface area contributed by atoms with Gasteiger partial charge < -0.3 is 10.4 Å². The molecule has 0 aliphatic heterocycles. The van der Waals surface area contributed by atoms with Gasteiger partial charge in [-0.05, 0) is 47.1 Å². The zero-order valence-corrected chi connectivity index (χ0v) is 11.8. The molecule has 1 heterocycles. The number of nitrogens with zero attached hydrogens (tertiary/aromatic N) is 2. The van der Waals surface area contributed by atoms with Crippen molar-refractivity contribution in [3.63, 3.8) is 0 Å². The Morgan fingerprint density at radius 1 is 1.42 bits per heavy atom. The third kappa shape index (κ3) is 3.51. The number of carboxylic acids is 1. The van der Waals surface area contributed by atoms with Gasteiger partial charge in [-0.3, -0.25) is 0 Å². The first-order chi connectivity index (χ1) is 9.06. The highest BCUT2D eigenvalue weighted by molar-refractivity contribution is 9.10. The lowest BCUT2D eigenvalue weighted by atomic mass is 10.2. The molecule has 0 amide bonds. The van der Waals surface area contributed by atoms with E-state index in [4.69, 9.17) is 5.11 Å². The van der Waals surface area contributed by atoms with Crippen molar-refractivity contribution in [2.24, 2.45) is 0 Å². The maximum absolute atomic E-state index is 10.8. The molecule has 0 bridgehead atoms. The number of rotatable bonds is 4. The largest absolute Gasteiger partial charge is 0.478 e. The molecule has 2 aromatic rings. The molecule has 0 unspecified atom stereocenters. The highest BCUT2D eigenvalue weighted by Gasteiger charge is 2.06. The average Bonchev–Trinajstić information content (AvgIpc) is 2.37. The molecule has 0 atom stereocenters. The van der Waals surface area contributed by atoms with Gasteiger partial charge in [0.05, 0.1) is 17.8 Å². The Morgan fingerprint density at radius 2 is 2.21 bits per heavy atom. The first kappa shape index (κ1) is 13.5. The number of halogens is 1. The van der Waals surface area contributed by atoms with Crippen LogP contribution in [0.4, 0.5) is 5.69 Å². The molecule has 6 heteroatoms. The van der Waals surface area contributed by atoms with Gasteiger partial charge in [0.1, 0.15) is 5.82 Å². The Hall–Kier alpha value is -1.95. The molecule has 2 rings (SSSR count). The zero-order valence-electron chi connectivity index (χ0n) is 10.2. The third-order valence-corrected chi connectivity index (χ3v) is 3.17. The topological polar surface area (TPSA) is 75.1 Å². The minimum atomic E-state index is -0.946. The van der Waals surface area contributed by atoms with Crippen LogP contribution in [0.5, 0.6) is 0 Å². The van der Waals surface area contributed by atoms with Crippen LogP contribution in [-0.4, -0.2) is 21.0 Å². The molecule has 0 radical (unpaired) electrons. The van der Waals surface area contributed by atoms with Gasteiger partial charge in [0.25, 0.3) is 0 Å². The molecule has 98 valence electrons. The first-order valence-corrected chi connectivity index (χ1v) is 6.41. The van der Waals surface area contributed by atoms with E-state index < -0.39 is 5.97 Å². The summed E-state index contributed by atoms with van der Waals surface area (Å²) in [6.45, 7) is 2.38. The molecule has 0 aliphatic rings. The Morgan fingerprint density at radius 3 is 2.84 bits per heavy atom. The number of aryl methyl sites for hydroxylation is 1. The molecule has 5 nitrogen and oxygen atoms in total. The van der Waals surface area contributed by atoms with Crippen molar-refractivity contribution < 1.29 is 9.90 Å². The molecule has 0 saturated carbocycles. The number of hydrogen-bond donors (Lipinski definition) is 2. The third-order valence-electron chi connectivity index (χ3n) is 2.51. The molecule has 0 spiro atoms. The molecule has 0 aliphatic carbocycles. The number of hydrogen-bond acceptors (Lipinski definition) is 4. The van der Waals surface area contributed by atoms with Gasteiger partial charge >= 0.3 is 5.97 Å². The molecule has 0 fully saturated rings. The lowest BCUT2D eigenvalue weighted by molar-refractivity contribution is 0.0697. The fraction of sp³-hybridized carbons (Fsp3) is 0.154.